The average molecular weight is 548 g/mol. The van der Waals surface area contributed by atoms with Crippen LogP contribution in [0.4, 0.5) is 0 Å². The highest BCUT2D eigenvalue weighted by molar-refractivity contribution is 6.74. The number of carboxylic acid groups (broad SMARTS) is 1. The van der Waals surface area contributed by atoms with Crippen molar-refractivity contribution in [2.45, 2.75) is 110 Å². The maximum atomic E-state index is 14.4. The second kappa shape index (κ2) is 10.4. The Morgan fingerprint density at radius 2 is 1.69 bits per heavy atom. The molecule has 0 amide bonds. The number of ketones is 1. The Morgan fingerprint density at radius 3 is 2.21 bits per heavy atom. The van der Waals surface area contributed by atoms with Crippen LogP contribution in [0, 0.1) is 5.41 Å². The summed E-state index contributed by atoms with van der Waals surface area (Å²) in [4.78, 5) is 31.1. The lowest BCUT2D eigenvalue weighted by Gasteiger charge is -2.45. The molecule has 1 aromatic heterocycles. The molecular weight excluding hydrogens is 502 g/mol. The lowest BCUT2D eigenvalue weighted by Crippen LogP contribution is -2.44. The van der Waals surface area contributed by atoms with E-state index in [2.05, 4.69) is 73.7 Å². The number of allylic oxidation sites excluding steroid dienone is 2. The van der Waals surface area contributed by atoms with Crippen LogP contribution in [0.25, 0.3) is 0 Å². The van der Waals surface area contributed by atoms with E-state index in [0.717, 1.165) is 48.2 Å². The van der Waals surface area contributed by atoms with Crippen molar-refractivity contribution in [3.8, 4) is 0 Å². The number of nitrogens with zero attached hydrogens (tertiary/aromatic N) is 1. The van der Waals surface area contributed by atoms with Gasteiger partial charge < -0.3 is 9.53 Å². The monoisotopic (exact) mass is 547 g/mol. The Bertz CT molecular complexity index is 1300. The molecule has 4 rings (SSSR count). The number of pyridine rings is 1. The molecule has 0 fully saturated rings. The van der Waals surface area contributed by atoms with Crippen molar-refractivity contribution in [3.63, 3.8) is 0 Å². The molecule has 5 nitrogen and oxygen atoms in total. The molecule has 2 aliphatic rings. The van der Waals surface area contributed by atoms with Crippen molar-refractivity contribution in [1.29, 1.82) is 0 Å². The van der Waals surface area contributed by atoms with Gasteiger partial charge in [-0.3, -0.25) is 9.78 Å². The van der Waals surface area contributed by atoms with Gasteiger partial charge in [0.2, 0.25) is 0 Å². The fraction of sp³-hybridized carbons (Fsp3) is 0.545. The topological polar surface area (TPSA) is 76.5 Å². The first kappa shape index (κ1) is 29.4. The van der Waals surface area contributed by atoms with E-state index in [-0.39, 0.29) is 39.7 Å². The summed E-state index contributed by atoms with van der Waals surface area (Å²) in [5.74, 6) is -0.904. The number of aromatic nitrogens is 1. The number of rotatable bonds is 7. The van der Waals surface area contributed by atoms with Crippen molar-refractivity contribution >= 4 is 20.1 Å². The number of carbonyl (C=O) groups is 2. The molecule has 39 heavy (non-hydrogen) atoms. The third-order valence-electron chi connectivity index (χ3n) is 8.88. The van der Waals surface area contributed by atoms with E-state index in [1.165, 1.54) is 12.1 Å². The summed E-state index contributed by atoms with van der Waals surface area (Å²) >= 11 is 0. The molecule has 0 saturated heterocycles. The van der Waals surface area contributed by atoms with E-state index in [1.54, 1.807) is 12.1 Å². The highest BCUT2D eigenvalue weighted by atomic mass is 28.4. The van der Waals surface area contributed by atoms with Crippen LogP contribution in [0.15, 0.2) is 36.4 Å². The normalized spacial score (nSPS) is 20.8. The second-order valence-corrected chi connectivity index (χ2v) is 18.8. The number of carboxylic acids is 1. The lowest BCUT2D eigenvalue weighted by molar-refractivity contribution is 0.0696. The zero-order valence-electron chi connectivity index (χ0n) is 25.1. The van der Waals surface area contributed by atoms with E-state index < -0.39 is 14.3 Å². The number of fused-ring (bicyclic) bond motifs is 1. The molecule has 2 unspecified atom stereocenters. The number of benzene rings is 1. The molecule has 1 heterocycles. The third kappa shape index (κ3) is 5.83. The zero-order chi connectivity index (χ0) is 28.9. The molecule has 1 N–H and O–H groups in total. The molecule has 0 spiro atoms. The average Bonchev–Trinajstić information content (AvgIpc) is 3.35. The summed E-state index contributed by atoms with van der Waals surface area (Å²) in [5.41, 5.74) is 5.50. The van der Waals surface area contributed by atoms with E-state index in [0.29, 0.717) is 11.1 Å². The summed E-state index contributed by atoms with van der Waals surface area (Å²) in [6.45, 7) is 20.2. The number of aromatic carboxylic acids is 1. The SMILES string of the molecule is CC(C)c1nc2c(c(C3C=CCC3)c1C(=O)c1ccc(C(=O)O)cc1)C(O[Si](C)(C)C(C)(C)C)CC(C)(C)C2. The summed E-state index contributed by atoms with van der Waals surface area (Å²) in [6.07, 6.45) is 8.04. The van der Waals surface area contributed by atoms with E-state index >= 15 is 0 Å². The summed E-state index contributed by atoms with van der Waals surface area (Å²) in [5, 5.41) is 9.43. The second-order valence-electron chi connectivity index (χ2n) is 14.0. The smallest absolute Gasteiger partial charge is 0.335 e. The standard InChI is InChI=1S/C33H45NO4Si/c1-20(2)29-28(30(35)22-14-16-23(17-15-22)31(36)37)26(21-12-10-11-13-21)27-24(34-29)18-33(6,7)19-25(27)38-39(8,9)32(3,4)5/h10,12,14-17,20-21,25H,11,13,18-19H2,1-9H3,(H,36,37). The summed E-state index contributed by atoms with van der Waals surface area (Å²) in [7, 11) is -2.13. The Hall–Kier alpha value is -2.57. The number of hydrogen-bond donors (Lipinski definition) is 1. The summed E-state index contributed by atoms with van der Waals surface area (Å²) < 4.78 is 7.19. The van der Waals surface area contributed by atoms with Crippen molar-refractivity contribution in [2.24, 2.45) is 5.41 Å². The molecule has 0 bridgehead atoms. The van der Waals surface area contributed by atoms with Crippen LogP contribution in [-0.4, -0.2) is 30.2 Å². The molecule has 0 aliphatic heterocycles. The highest BCUT2D eigenvalue weighted by Crippen LogP contribution is 2.51. The van der Waals surface area contributed by atoms with Crippen LogP contribution in [0.1, 0.15) is 134 Å². The highest BCUT2D eigenvalue weighted by Gasteiger charge is 2.45. The van der Waals surface area contributed by atoms with Crippen molar-refractivity contribution in [1.82, 2.24) is 4.98 Å². The zero-order valence-corrected chi connectivity index (χ0v) is 26.1. The van der Waals surface area contributed by atoms with Gasteiger partial charge in [-0.05, 0) is 72.8 Å². The van der Waals surface area contributed by atoms with Gasteiger partial charge in [-0.15, -0.1) is 0 Å². The fourth-order valence-corrected chi connectivity index (χ4v) is 7.04. The summed E-state index contributed by atoms with van der Waals surface area (Å²) in [6, 6.07) is 6.29. The van der Waals surface area contributed by atoms with E-state index in [1.807, 2.05) is 0 Å². The van der Waals surface area contributed by atoms with Crippen molar-refractivity contribution < 1.29 is 19.1 Å². The van der Waals surface area contributed by atoms with Crippen LogP contribution in [0.3, 0.4) is 0 Å². The maximum absolute atomic E-state index is 14.4. The molecule has 0 radical (unpaired) electrons. The van der Waals surface area contributed by atoms with Gasteiger partial charge in [0.15, 0.2) is 14.1 Å². The van der Waals surface area contributed by atoms with Crippen LogP contribution < -0.4 is 0 Å². The van der Waals surface area contributed by atoms with Gasteiger partial charge >= 0.3 is 5.97 Å². The van der Waals surface area contributed by atoms with Crippen LogP contribution in [-0.2, 0) is 10.8 Å². The first-order valence-corrected chi connectivity index (χ1v) is 17.2. The maximum Gasteiger partial charge on any atom is 0.335 e. The van der Waals surface area contributed by atoms with Gasteiger partial charge in [0, 0.05) is 28.3 Å². The molecule has 2 aromatic rings. The van der Waals surface area contributed by atoms with Gasteiger partial charge in [-0.2, -0.15) is 0 Å². The van der Waals surface area contributed by atoms with Crippen molar-refractivity contribution in [3.05, 3.63) is 75.6 Å². The van der Waals surface area contributed by atoms with Gasteiger partial charge in [0.1, 0.15) is 0 Å². The van der Waals surface area contributed by atoms with Crippen LogP contribution in [0.2, 0.25) is 18.1 Å². The molecule has 0 saturated carbocycles. The van der Waals surface area contributed by atoms with E-state index in [9.17, 15) is 14.7 Å². The van der Waals surface area contributed by atoms with Gasteiger partial charge in [-0.25, -0.2) is 4.79 Å². The first-order chi connectivity index (χ1) is 18.0. The quantitative estimate of drug-likeness (QED) is 0.213. The lowest BCUT2D eigenvalue weighted by atomic mass is 9.70. The van der Waals surface area contributed by atoms with Crippen molar-refractivity contribution in [2.75, 3.05) is 0 Å². The van der Waals surface area contributed by atoms with Gasteiger partial charge in [-0.1, -0.05) is 72.8 Å². The van der Waals surface area contributed by atoms with Gasteiger partial charge in [0.25, 0.3) is 0 Å². The number of hydrogen-bond acceptors (Lipinski definition) is 4. The predicted octanol–water partition coefficient (Wildman–Crippen LogP) is 8.60. The Kier molecular flexibility index (Phi) is 7.87. The Morgan fingerprint density at radius 1 is 1.08 bits per heavy atom. The largest absolute Gasteiger partial charge is 0.478 e. The minimum Gasteiger partial charge on any atom is -0.478 e. The molecule has 210 valence electrons. The van der Waals surface area contributed by atoms with Crippen LogP contribution in [0.5, 0.6) is 0 Å². The fourth-order valence-electron chi connectivity index (χ4n) is 5.77. The number of carbonyl (C=O) groups excluding carboxylic acids is 1. The Labute approximate surface area is 235 Å². The van der Waals surface area contributed by atoms with E-state index in [4.69, 9.17) is 9.41 Å². The molecule has 2 atom stereocenters. The predicted molar refractivity (Wildman–Crippen MR) is 159 cm³/mol. The first-order valence-electron chi connectivity index (χ1n) is 14.3. The Balaban J connectivity index is 2.00. The molecule has 1 aromatic carbocycles. The molecule has 6 heteroatoms. The minimum atomic E-state index is -2.13. The molecule has 2 aliphatic carbocycles. The minimum absolute atomic E-state index is 0.0300. The van der Waals surface area contributed by atoms with Crippen LogP contribution >= 0.6 is 0 Å². The molecular formula is C33H45NO4Si. The van der Waals surface area contributed by atoms with Gasteiger partial charge in [0.05, 0.1) is 17.4 Å². The third-order valence-corrected chi connectivity index (χ3v) is 13.4.